The lowest BCUT2D eigenvalue weighted by atomic mass is 10.1. The van der Waals surface area contributed by atoms with Crippen molar-refractivity contribution in [1.82, 2.24) is 0 Å². The fourth-order valence-electron chi connectivity index (χ4n) is 2.81. The monoisotopic (exact) mass is 328 g/mol. The van der Waals surface area contributed by atoms with Crippen LogP contribution in [0.1, 0.15) is 17.5 Å². The van der Waals surface area contributed by atoms with Gasteiger partial charge in [-0.3, -0.25) is 0 Å². The van der Waals surface area contributed by atoms with Crippen molar-refractivity contribution >= 4 is 0 Å². The van der Waals surface area contributed by atoms with Crippen LogP contribution >= 0.6 is 0 Å². The van der Waals surface area contributed by atoms with Crippen molar-refractivity contribution in [3.63, 3.8) is 0 Å². The summed E-state index contributed by atoms with van der Waals surface area (Å²) in [6.07, 6.45) is -0.133. The molecule has 3 unspecified atom stereocenters. The van der Waals surface area contributed by atoms with Crippen LogP contribution in [-0.4, -0.2) is 36.6 Å². The third-order valence-electron chi connectivity index (χ3n) is 4.12. The fraction of sp³-hybridized carbons (Fsp3) is 0.400. The molecular weight excluding hydrogens is 304 g/mol. The highest BCUT2D eigenvalue weighted by Gasteiger charge is 2.31. The lowest BCUT2D eigenvalue weighted by molar-refractivity contribution is -0.0951. The molecule has 128 valence electrons. The molecule has 0 aromatic heterocycles. The van der Waals surface area contributed by atoms with Crippen LogP contribution in [0, 0.1) is 0 Å². The molecule has 0 aliphatic carbocycles. The predicted octanol–water partition coefficient (Wildman–Crippen LogP) is 2.94. The Morgan fingerprint density at radius 2 is 1.58 bits per heavy atom. The van der Waals surface area contributed by atoms with Gasteiger partial charge >= 0.3 is 0 Å². The lowest BCUT2D eigenvalue weighted by Gasteiger charge is -2.23. The molecule has 1 fully saturated rings. The van der Waals surface area contributed by atoms with Crippen molar-refractivity contribution in [1.29, 1.82) is 0 Å². The first-order chi connectivity index (χ1) is 11.8. The van der Waals surface area contributed by atoms with Crippen molar-refractivity contribution in [2.75, 3.05) is 13.2 Å². The van der Waals surface area contributed by atoms with Crippen LogP contribution in [0.4, 0.5) is 0 Å². The Kier molecular flexibility index (Phi) is 6.38. The molecule has 1 heterocycles. The van der Waals surface area contributed by atoms with E-state index in [2.05, 4.69) is 0 Å². The van der Waals surface area contributed by atoms with E-state index in [9.17, 15) is 5.11 Å². The fourth-order valence-corrected chi connectivity index (χ4v) is 2.81. The summed E-state index contributed by atoms with van der Waals surface area (Å²) in [5, 5.41) is 9.72. The van der Waals surface area contributed by atoms with Gasteiger partial charge in [-0.05, 0) is 11.1 Å². The zero-order valence-corrected chi connectivity index (χ0v) is 13.7. The van der Waals surface area contributed by atoms with Crippen LogP contribution in [0.5, 0.6) is 0 Å². The number of ether oxygens (including phenoxy) is 3. The molecule has 1 aliphatic heterocycles. The molecule has 0 saturated carbocycles. The third kappa shape index (κ3) is 5.14. The molecule has 2 aromatic carbocycles. The summed E-state index contributed by atoms with van der Waals surface area (Å²) in [6, 6.07) is 20.1. The van der Waals surface area contributed by atoms with E-state index < -0.39 is 6.10 Å². The summed E-state index contributed by atoms with van der Waals surface area (Å²) in [5.74, 6) is 0. The van der Waals surface area contributed by atoms with E-state index in [-0.39, 0.29) is 12.2 Å². The van der Waals surface area contributed by atoms with Gasteiger partial charge in [-0.25, -0.2) is 0 Å². The Hall–Kier alpha value is -1.72. The molecule has 24 heavy (non-hydrogen) atoms. The molecule has 0 amide bonds. The summed E-state index contributed by atoms with van der Waals surface area (Å²) in [4.78, 5) is 0. The molecular formula is C20H24O4. The summed E-state index contributed by atoms with van der Waals surface area (Å²) < 4.78 is 17.5. The number of hydrogen-bond donors (Lipinski definition) is 1. The van der Waals surface area contributed by atoms with Crippen molar-refractivity contribution in [3.8, 4) is 0 Å². The largest absolute Gasteiger partial charge is 0.391 e. The summed E-state index contributed by atoms with van der Waals surface area (Å²) in [5.41, 5.74) is 2.25. The van der Waals surface area contributed by atoms with Crippen molar-refractivity contribution in [2.24, 2.45) is 0 Å². The second-order valence-electron chi connectivity index (χ2n) is 6.10. The highest BCUT2D eigenvalue weighted by molar-refractivity contribution is 5.14. The molecule has 1 saturated heterocycles. The first kappa shape index (κ1) is 17.1. The van der Waals surface area contributed by atoms with Gasteiger partial charge in [0.25, 0.3) is 0 Å². The highest BCUT2D eigenvalue weighted by Crippen LogP contribution is 2.20. The van der Waals surface area contributed by atoms with Gasteiger partial charge < -0.3 is 19.3 Å². The Bertz CT molecular complexity index is 587. The maximum atomic E-state index is 9.72. The first-order valence-corrected chi connectivity index (χ1v) is 8.38. The van der Waals surface area contributed by atoms with E-state index in [1.54, 1.807) is 0 Å². The molecule has 3 atom stereocenters. The summed E-state index contributed by atoms with van der Waals surface area (Å²) in [6.45, 7) is 1.87. The quantitative estimate of drug-likeness (QED) is 0.809. The number of hydrogen-bond acceptors (Lipinski definition) is 4. The van der Waals surface area contributed by atoms with E-state index in [0.29, 0.717) is 32.8 Å². The van der Waals surface area contributed by atoms with E-state index in [1.165, 1.54) is 0 Å². The normalized spacial score (nSPS) is 21.7. The molecule has 1 N–H and O–H groups in total. The Labute approximate surface area is 143 Å². The van der Waals surface area contributed by atoms with Gasteiger partial charge in [-0.15, -0.1) is 0 Å². The number of aliphatic hydroxyl groups is 1. The molecule has 0 bridgehead atoms. The van der Waals surface area contributed by atoms with Crippen molar-refractivity contribution in [3.05, 3.63) is 71.8 Å². The second-order valence-corrected chi connectivity index (χ2v) is 6.10. The smallest absolute Gasteiger partial charge is 0.107 e. The predicted molar refractivity (Wildman–Crippen MR) is 91.5 cm³/mol. The first-order valence-electron chi connectivity index (χ1n) is 8.38. The zero-order valence-electron chi connectivity index (χ0n) is 13.7. The van der Waals surface area contributed by atoms with Gasteiger partial charge in [-0.1, -0.05) is 60.7 Å². The van der Waals surface area contributed by atoms with Crippen LogP contribution in [0.25, 0.3) is 0 Å². The number of rotatable bonds is 8. The molecule has 0 spiro atoms. The third-order valence-corrected chi connectivity index (χ3v) is 4.12. The molecule has 2 aromatic rings. The van der Waals surface area contributed by atoms with Crippen LogP contribution in [-0.2, 0) is 27.4 Å². The topological polar surface area (TPSA) is 47.9 Å². The van der Waals surface area contributed by atoms with Crippen LogP contribution in [0.15, 0.2) is 60.7 Å². The molecule has 4 heteroatoms. The highest BCUT2D eigenvalue weighted by atomic mass is 16.6. The van der Waals surface area contributed by atoms with Gasteiger partial charge in [0.05, 0.1) is 38.6 Å². The zero-order chi connectivity index (χ0) is 16.6. The standard InChI is InChI=1S/C20H24O4/c21-18-11-19(24-14-18)20(23-13-17-9-5-2-6-10-17)15-22-12-16-7-3-1-4-8-16/h1-10,18-21H,11-15H2. The van der Waals surface area contributed by atoms with Gasteiger partial charge in [-0.2, -0.15) is 0 Å². The van der Waals surface area contributed by atoms with Crippen LogP contribution < -0.4 is 0 Å². The Balaban J connectivity index is 1.53. The van der Waals surface area contributed by atoms with E-state index in [0.717, 1.165) is 11.1 Å². The van der Waals surface area contributed by atoms with Crippen LogP contribution in [0.2, 0.25) is 0 Å². The summed E-state index contributed by atoms with van der Waals surface area (Å²) in [7, 11) is 0. The minimum Gasteiger partial charge on any atom is -0.391 e. The summed E-state index contributed by atoms with van der Waals surface area (Å²) >= 11 is 0. The Morgan fingerprint density at radius 3 is 2.17 bits per heavy atom. The minimum atomic E-state index is -0.410. The lowest BCUT2D eigenvalue weighted by Crippen LogP contribution is -2.33. The van der Waals surface area contributed by atoms with Crippen molar-refractivity contribution in [2.45, 2.75) is 37.9 Å². The van der Waals surface area contributed by atoms with Gasteiger partial charge in [0.15, 0.2) is 0 Å². The molecule has 0 radical (unpaired) electrons. The van der Waals surface area contributed by atoms with Gasteiger partial charge in [0.2, 0.25) is 0 Å². The van der Waals surface area contributed by atoms with E-state index in [4.69, 9.17) is 14.2 Å². The van der Waals surface area contributed by atoms with Gasteiger partial charge in [0, 0.05) is 6.42 Å². The average Bonchev–Trinajstić information content (AvgIpc) is 3.06. The maximum absolute atomic E-state index is 9.72. The molecule has 3 rings (SSSR count). The number of aliphatic hydroxyl groups excluding tert-OH is 1. The average molecular weight is 328 g/mol. The maximum Gasteiger partial charge on any atom is 0.107 e. The molecule has 1 aliphatic rings. The second kappa shape index (κ2) is 8.94. The molecule has 4 nitrogen and oxygen atoms in total. The number of benzene rings is 2. The van der Waals surface area contributed by atoms with E-state index in [1.807, 2.05) is 60.7 Å². The van der Waals surface area contributed by atoms with E-state index >= 15 is 0 Å². The van der Waals surface area contributed by atoms with Crippen LogP contribution in [0.3, 0.4) is 0 Å². The minimum absolute atomic E-state index is 0.125. The SMILES string of the molecule is OC1COC(C(COCc2ccccc2)OCc2ccccc2)C1. The van der Waals surface area contributed by atoms with Crippen molar-refractivity contribution < 1.29 is 19.3 Å². The Morgan fingerprint density at radius 1 is 0.958 bits per heavy atom. The van der Waals surface area contributed by atoms with Gasteiger partial charge in [0.1, 0.15) is 6.10 Å².